The second-order valence-electron chi connectivity index (χ2n) is 6.15. The summed E-state index contributed by atoms with van der Waals surface area (Å²) in [6.45, 7) is 6.65. The summed E-state index contributed by atoms with van der Waals surface area (Å²) >= 11 is 0. The minimum absolute atomic E-state index is 0.399. The molecule has 1 aliphatic carbocycles. The van der Waals surface area contributed by atoms with Gasteiger partial charge in [0, 0.05) is 37.6 Å². The van der Waals surface area contributed by atoms with E-state index in [1.165, 1.54) is 19.3 Å². The molecule has 0 spiro atoms. The SMILES string of the molecule is CC(C)n1ccnc1N1CC2CCCC(N)C2C1. The molecule has 2 fully saturated rings. The van der Waals surface area contributed by atoms with Crippen molar-refractivity contribution in [2.24, 2.45) is 17.6 Å². The summed E-state index contributed by atoms with van der Waals surface area (Å²) in [5.74, 6) is 2.59. The Hall–Kier alpha value is -1.03. The molecule has 100 valence electrons. The number of fused-ring (bicyclic) bond motifs is 1. The molecular formula is C14H24N4. The van der Waals surface area contributed by atoms with E-state index in [0.29, 0.717) is 18.0 Å². The van der Waals surface area contributed by atoms with Gasteiger partial charge in [0.2, 0.25) is 5.95 Å². The Bertz CT molecular complexity index is 412. The van der Waals surface area contributed by atoms with Crippen LogP contribution >= 0.6 is 0 Å². The van der Waals surface area contributed by atoms with Crippen LogP contribution in [-0.2, 0) is 0 Å². The van der Waals surface area contributed by atoms with Crippen molar-refractivity contribution >= 4 is 5.95 Å². The molecule has 2 aliphatic rings. The van der Waals surface area contributed by atoms with Gasteiger partial charge in [0.15, 0.2) is 0 Å². The molecule has 1 aromatic heterocycles. The summed E-state index contributed by atoms with van der Waals surface area (Å²) in [4.78, 5) is 7.00. The maximum atomic E-state index is 6.28. The maximum absolute atomic E-state index is 6.28. The molecule has 3 unspecified atom stereocenters. The summed E-state index contributed by atoms with van der Waals surface area (Å²) in [7, 11) is 0. The molecule has 0 amide bonds. The lowest BCUT2D eigenvalue weighted by atomic mass is 9.78. The fourth-order valence-electron chi connectivity index (χ4n) is 3.63. The van der Waals surface area contributed by atoms with Crippen LogP contribution in [0.2, 0.25) is 0 Å². The number of nitrogens with zero attached hydrogens (tertiary/aromatic N) is 3. The molecule has 4 nitrogen and oxygen atoms in total. The third-order valence-electron chi connectivity index (χ3n) is 4.64. The molecule has 0 radical (unpaired) electrons. The zero-order valence-corrected chi connectivity index (χ0v) is 11.4. The summed E-state index contributed by atoms with van der Waals surface area (Å²) < 4.78 is 2.27. The largest absolute Gasteiger partial charge is 0.342 e. The Morgan fingerprint density at radius 2 is 2.17 bits per heavy atom. The van der Waals surface area contributed by atoms with Crippen molar-refractivity contribution in [2.75, 3.05) is 18.0 Å². The molecule has 0 bridgehead atoms. The molecule has 0 aromatic carbocycles. The maximum Gasteiger partial charge on any atom is 0.205 e. The summed E-state index contributed by atoms with van der Waals surface area (Å²) in [6, 6.07) is 0.870. The highest BCUT2D eigenvalue weighted by molar-refractivity contribution is 5.34. The van der Waals surface area contributed by atoms with Gasteiger partial charge < -0.3 is 15.2 Å². The standard InChI is InChI=1S/C14H24N4/c1-10(2)18-7-6-16-14(18)17-8-11-4-3-5-13(15)12(11)9-17/h6-7,10-13H,3-5,8-9,15H2,1-2H3. The molecule has 2 N–H and O–H groups in total. The summed E-state index contributed by atoms with van der Waals surface area (Å²) in [5.41, 5.74) is 6.28. The first-order valence-corrected chi connectivity index (χ1v) is 7.20. The Morgan fingerprint density at radius 3 is 2.89 bits per heavy atom. The number of aromatic nitrogens is 2. The number of hydrogen-bond acceptors (Lipinski definition) is 3. The van der Waals surface area contributed by atoms with Gasteiger partial charge in [-0.2, -0.15) is 0 Å². The molecule has 18 heavy (non-hydrogen) atoms. The number of rotatable bonds is 2. The number of nitrogens with two attached hydrogens (primary N) is 1. The molecule has 2 heterocycles. The monoisotopic (exact) mass is 248 g/mol. The zero-order valence-electron chi connectivity index (χ0n) is 11.4. The van der Waals surface area contributed by atoms with Crippen molar-refractivity contribution in [3.8, 4) is 0 Å². The van der Waals surface area contributed by atoms with Gasteiger partial charge in [-0.25, -0.2) is 4.98 Å². The van der Waals surface area contributed by atoms with Gasteiger partial charge >= 0.3 is 0 Å². The van der Waals surface area contributed by atoms with E-state index in [0.717, 1.165) is 25.0 Å². The van der Waals surface area contributed by atoms with Crippen LogP contribution in [0.5, 0.6) is 0 Å². The Balaban J connectivity index is 1.80. The van der Waals surface area contributed by atoms with Crippen molar-refractivity contribution in [3.05, 3.63) is 12.4 Å². The van der Waals surface area contributed by atoms with E-state index >= 15 is 0 Å². The number of imidazole rings is 1. The van der Waals surface area contributed by atoms with Crippen LogP contribution in [0.3, 0.4) is 0 Å². The lowest BCUT2D eigenvalue weighted by Crippen LogP contribution is -2.38. The number of anilines is 1. The van der Waals surface area contributed by atoms with Gasteiger partial charge in [0.05, 0.1) is 0 Å². The van der Waals surface area contributed by atoms with E-state index in [-0.39, 0.29) is 0 Å². The van der Waals surface area contributed by atoms with E-state index in [1.54, 1.807) is 0 Å². The first-order chi connectivity index (χ1) is 8.66. The molecule has 3 rings (SSSR count). The van der Waals surface area contributed by atoms with Crippen molar-refractivity contribution in [3.63, 3.8) is 0 Å². The van der Waals surface area contributed by atoms with Gasteiger partial charge in [-0.15, -0.1) is 0 Å². The zero-order chi connectivity index (χ0) is 12.7. The topological polar surface area (TPSA) is 47.1 Å². The second-order valence-corrected chi connectivity index (χ2v) is 6.15. The molecular weight excluding hydrogens is 224 g/mol. The van der Waals surface area contributed by atoms with Crippen molar-refractivity contribution < 1.29 is 0 Å². The lowest BCUT2D eigenvalue weighted by molar-refractivity contribution is 0.260. The fraction of sp³-hybridized carbons (Fsp3) is 0.786. The normalized spacial score (nSPS) is 32.0. The summed E-state index contributed by atoms with van der Waals surface area (Å²) in [6.07, 6.45) is 7.85. The van der Waals surface area contributed by atoms with Gasteiger partial charge in [-0.05, 0) is 38.5 Å². The first kappa shape index (κ1) is 12.0. The van der Waals surface area contributed by atoms with Gasteiger partial charge in [-0.1, -0.05) is 6.42 Å². The molecule has 1 saturated carbocycles. The highest BCUT2D eigenvalue weighted by Gasteiger charge is 2.39. The van der Waals surface area contributed by atoms with Crippen molar-refractivity contribution in [1.82, 2.24) is 9.55 Å². The van der Waals surface area contributed by atoms with Gasteiger partial charge in [-0.3, -0.25) is 0 Å². The van der Waals surface area contributed by atoms with Crippen LogP contribution in [0, 0.1) is 11.8 Å². The van der Waals surface area contributed by atoms with E-state index in [1.807, 2.05) is 6.20 Å². The predicted molar refractivity (Wildman–Crippen MR) is 73.6 cm³/mol. The van der Waals surface area contributed by atoms with Crippen LogP contribution in [-0.4, -0.2) is 28.7 Å². The second kappa shape index (κ2) is 4.57. The minimum atomic E-state index is 0.399. The molecule has 3 atom stereocenters. The first-order valence-electron chi connectivity index (χ1n) is 7.20. The van der Waals surface area contributed by atoms with Gasteiger partial charge in [0.1, 0.15) is 0 Å². The molecule has 1 aromatic rings. The lowest BCUT2D eigenvalue weighted by Gasteiger charge is -2.29. The van der Waals surface area contributed by atoms with Crippen LogP contribution in [0.15, 0.2) is 12.4 Å². The van der Waals surface area contributed by atoms with E-state index in [2.05, 4.69) is 34.5 Å². The average Bonchev–Trinajstić information content (AvgIpc) is 2.95. The third kappa shape index (κ3) is 1.92. The van der Waals surface area contributed by atoms with Crippen molar-refractivity contribution in [1.29, 1.82) is 0 Å². The van der Waals surface area contributed by atoms with Crippen LogP contribution in [0.1, 0.15) is 39.2 Å². The van der Waals surface area contributed by atoms with E-state index in [4.69, 9.17) is 5.73 Å². The van der Waals surface area contributed by atoms with Crippen LogP contribution in [0.25, 0.3) is 0 Å². The van der Waals surface area contributed by atoms with Gasteiger partial charge in [0.25, 0.3) is 0 Å². The smallest absolute Gasteiger partial charge is 0.205 e. The molecule has 1 aliphatic heterocycles. The third-order valence-corrected chi connectivity index (χ3v) is 4.64. The summed E-state index contributed by atoms with van der Waals surface area (Å²) in [5, 5.41) is 0. The van der Waals surface area contributed by atoms with Crippen LogP contribution < -0.4 is 10.6 Å². The van der Waals surface area contributed by atoms with Crippen molar-refractivity contribution in [2.45, 2.75) is 45.2 Å². The Labute approximate surface area is 109 Å². The molecule has 1 saturated heterocycles. The van der Waals surface area contributed by atoms with Crippen LogP contribution in [0.4, 0.5) is 5.95 Å². The molecule has 4 heteroatoms. The Morgan fingerprint density at radius 1 is 1.33 bits per heavy atom. The minimum Gasteiger partial charge on any atom is -0.342 e. The quantitative estimate of drug-likeness (QED) is 0.871. The van der Waals surface area contributed by atoms with E-state index in [9.17, 15) is 0 Å². The van der Waals surface area contributed by atoms with E-state index < -0.39 is 0 Å². The fourth-order valence-corrected chi connectivity index (χ4v) is 3.63. The predicted octanol–water partition coefficient (Wildman–Crippen LogP) is 2.03. The highest BCUT2D eigenvalue weighted by Crippen LogP contribution is 2.37. The highest BCUT2D eigenvalue weighted by atomic mass is 15.3. The number of hydrogen-bond donors (Lipinski definition) is 1. The average molecular weight is 248 g/mol. The Kier molecular flexibility index (Phi) is 3.06.